The van der Waals surface area contributed by atoms with Gasteiger partial charge in [-0.1, -0.05) is 36.6 Å². The van der Waals surface area contributed by atoms with Crippen LogP contribution in [0.15, 0.2) is 30.3 Å². The van der Waals surface area contributed by atoms with Crippen molar-refractivity contribution in [3.8, 4) is 0 Å². The first-order valence-corrected chi connectivity index (χ1v) is 7.90. The number of amides is 1. The maximum absolute atomic E-state index is 12.3. The van der Waals surface area contributed by atoms with E-state index in [4.69, 9.17) is 17.3 Å². The molecule has 2 N–H and O–H groups in total. The van der Waals surface area contributed by atoms with E-state index in [0.29, 0.717) is 17.5 Å². The molecule has 3 nitrogen and oxygen atoms in total. The second kappa shape index (κ2) is 7.62. The number of hydrogen-bond donors (Lipinski definition) is 1. The van der Waals surface area contributed by atoms with Gasteiger partial charge in [-0.3, -0.25) is 4.79 Å². The lowest BCUT2D eigenvalue weighted by Gasteiger charge is -2.37. The quantitative estimate of drug-likeness (QED) is 0.867. The minimum Gasteiger partial charge on any atom is -0.339 e. The Labute approximate surface area is 131 Å². The van der Waals surface area contributed by atoms with E-state index in [-0.39, 0.29) is 11.9 Å². The minimum atomic E-state index is 0.0373. The second-order valence-electron chi connectivity index (χ2n) is 5.68. The summed E-state index contributed by atoms with van der Waals surface area (Å²) in [5, 5.41) is 0.698. The third-order valence-corrected chi connectivity index (χ3v) is 4.56. The Morgan fingerprint density at radius 3 is 2.67 bits per heavy atom. The fourth-order valence-electron chi connectivity index (χ4n) is 3.00. The van der Waals surface area contributed by atoms with Crippen LogP contribution >= 0.6 is 11.6 Å². The SMILES string of the molecule is CN(C(=O)C=Cc1ccc(Cl)cc1)C1CCCCC1CN. The van der Waals surface area contributed by atoms with E-state index in [1.807, 2.05) is 42.3 Å². The van der Waals surface area contributed by atoms with Crippen LogP contribution in [0.5, 0.6) is 0 Å². The second-order valence-corrected chi connectivity index (χ2v) is 6.12. The lowest BCUT2D eigenvalue weighted by atomic mass is 9.83. The van der Waals surface area contributed by atoms with Gasteiger partial charge in [0.15, 0.2) is 0 Å². The molecule has 0 bridgehead atoms. The number of likely N-dealkylation sites (N-methyl/N-ethyl adjacent to an activating group) is 1. The predicted molar refractivity (Wildman–Crippen MR) is 88.1 cm³/mol. The van der Waals surface area contributed by atoms with Crippen LogP contribution in [0.4, 0.5) is 0 Å². The Morgan fingerprint density at radius 2 is 2.00 bits per heavy atom. The molecule has 1 aliphatic carbocycles. The zero-order valence-electron chi connectivity index (χ0n) is 12.5. The van der Waals surface area contributed by atoms with Crippen molar-refractivity contribution >= 4 is 23.6 Å². The van der Waals surface area contributed by atoms with Crippen LogP contribution in [0, 0.1) is 5.92 Å². The monoisotopic (exact) mass is 306 g/mol. The summed E-state index contributed by atoms with van der Waals surface area (Å²) in [6.07, 6.45) is 8.04. The van der Waals surface area contributed by atoms with E-state index in [2.05, 4.69) is 0 Å². The van der Waals surface area contributed by atoms with Crippen molar-refractivity contribution in [3.05, 3.63) is 40.9 Å². The molecule has 1 aromatic rings. The van der Waals surface area contributed by atoms with Crippen molar-refractivity contribution in [2.24, 2.45) is 11.7 Å². The summed E-state index contributed by atoms with van der Waals surface area (Å²) in [5.41, 5.74) is 6.81. The summed E-state index contributed by atoms with van der Waals surface area (Å²) in [4.78, 5) is 14.2. The number of carbonyl (C=O) groups excluding carboxylic acids is 1. The summed E-state index contributed by atoms with van der Waals surface area (Å²) in [6, 6.07) is 7.71. The maximum Gasteiger partial charge on any atom is 0.246 e. The summed E-state index contributed by atoms with van der Waals surface area (Å²) in [5.74, 6) is 0.465. The first kappa shape index (κ1) is 16.1. The van der Waals surface area contributed by atoms with E-state index in [1.54, 1.807) is 6.08 Å². The van der Waals surface area contributed by atoms with Gasteiger partial charge in [0.05, 0.1) is 0 Å². The summed E-state index contributed by atoms with van der Waals surface area (Å²) in [7, 11) is 1.88. The van der Waals surface area contributed by atoms with E-state index < -0.39 is 0 Å². The van der Waals surface area contributed by atoms with Gasteiger partial charge in [0.2, 0.25) is 5.91 Å². The fraction of sp³-hybridized carbons (Fsp3) is 0.471. The summed E-state index contributed by atoms with van der Waals surface area (Å²) < 4.78 is 0. The van der Waals surface area contributed by atoms with Crippen LogP contribution in [0.25, 0.3) is 6.08 Å². The van der Waals surface area contributed by atoms with Gasteiger partial charge in [-0.15, -0.1) is 0 Å². The molecule has 0 saturated heterocycles. The molecular weight excluding hydrogens is 284 g/mol. The molecule has 21 heavy (non-hydrogen) atoms. The fourth-order valence-corrected chi connectivity index (χ4v) is 3.12. The van der Waals surface area contributed by atoms with E-state index in [1.165, 1.54) is 12.8 Å². The van der Waals surface area contributed by atoms with Gasteiger partial charge >= 0.3 is 0 Å². The van der Waals surface area contributed by atoms with Gasteiger partial charge in [-0.2, -0.15) is 0 Å². The van der Waals surface area contributed by atoms with Crippen LogP contribution in [0.1, 0.15) is 31.2 Å². The smallest absolute Gasteiger partial charge is 0.246 e. The topological polar surface area (TPSA) is 46.3 Å². The molecule has 1 fully saturated rings. The van der Waals surface area contributed by atoms with Crippen molar-refractivity contribution in [2.75, 3.05) is 13.6 Å². The zero-order chi connectivity index (χ0) is 15.2. The van der Waals surface area contributed by atoms with Gasteiger partial charge < -0.3 is 10.6 Å². The molecule has 2 atom stereocenters. The van der Waals surface area contributed by atoms with Crippen LogP contribution in [0.2, 0.25) is 5.02 Å². The molecule has 1 aromatic carbocycles. The third-order valence-electron chi connectivity index (χ3n) is 4.31. The number of hydrogen-bond acceptors (Lipinski definition) is 2. The standard InChI is InChI=1S/C17H23ClN2O/c1-20(16-5-3-2-4-14(16)12-19)17(21)11-8-13-6-9-15(18)10-7-13/h6-11,14,16H,2-5,12,19H2,1H3. The number of nitrogens with zero attached hydrogens (tertiary/aromatic N) is 1. The first-order valence-electron chi connectivity index (χ1n) is 7.52. The minimum absolute atomic E-state index is 0.0373. The van der Waals surface area contributed by atoms with Crippen LogP contribution in [-0.2, 0) is 4.79 Å². The Balaban J connectivity index is 1.99. The van der Waals surface area contributed by atoms with E-state index in [9.17, 15) is 4.79 Å². The lowest BCUT2D eigenvalue weighted by molar-refractivity contribution is -0.128. The van der Waals surface area contributed by atoms with Crippen molar-refractivity contribution in [2.45, 2.75) is 31.7 Å². The molecule has 4 heteroatoms. The molecule has 1 aliphatic rings. The van der Waals surface area contributed by atoms with E-state index in [0.717, 1.165) is 18.4 Å². The highest BCUT2D eigenvalue weighted by atomic mass is 35.5. The lowest BCUT2D eigenvalue weighted by Crippen LogP contribution is -2.45. The van der Waals surface area contributed by atoms with Crippen molar-refractivity contribution in [3.63, 3.8) is 0 Å². The summed E-state index contributed by atoms with van der Waals surface area (Å²) >= 11 is 5.85. The third kappa shape index (κ3) is 4.32. The van der Waals surface area contributed by atoms with Gasteiger partial charge in [-0.05, 0) is 49.1 Å². The van der Waals surface area contributed by atoms with Gasteiger partial charge in [-0.25, -0.2) is 0 Å². The average Bonchev–Trinajstić information content (AvgIpc) is 2.53. The Hall–Kier alpha value is -1.32. The molecular formula is C17H23ClN2O. The number of rotatable bonds is 4. The van der Waals surface area contributed by atoms with Gasteiger partial charge in [0.1, 0.15) is 0 Å². The van der Waals surface area contributed by atoms with Crippen molar-refractivity contribution < 1.29 is 4.79 Å². The molecule has 0 spiro atoms. The highest BCUT2D eigenvalue weighted by Crippen LogP contribution is 2.27. The molecule has 0 aliphatic heterocycles. The molecule has 2 unspecified atom stereocenters. The summed E-state index contributed by atoms with van der Waals surface area (Å²) in [6.45, 7) is 0.656. The molecule has 0 heterocycles. The Bertz CT molecular complexity index is 498. The van der Waals surface area contributed by atoms with Gasteiger partial charge in [0.25, 0.3) is 0 Å². The van der Waals surface area contributed by atoms with Gasteiger partial charge in [0, 0.05) is 24.2 Å². The van der Waals surface area contributed by atoms with Crippen molar-refractivity contribution in [1.29, 1.82) is 0 Å². The van der Waals surface area contributed by atoms with Crippen LogP contribution in [-0.4, -0.2) is 30.4 Å². The molecule has 0 radical (unpaired) electrons. The normalized spacial score (nSPS) is 22.4. The number of carbonyl (C=O) groups is 1. The maximum atomic E-state index is 12.3. The molecule has 0 aromatic heterocycles. The largest absolute Gasteiger partial charge is 0.339 e. The first-order chi connectivity index (χ1) is 10.1. The highest BCUT2D eigenvalue weighted by Gasteiger charge is 2.28. The molecule has 1 amide bonds. The molecule has 2 rings (SSSR count). The van der Waals surface area contributed by atoms with Crippen LogP contribution < -0.4 is 5.73 Å². The number of nitrogens with two attached hydrogens (primary N) is 1. The van der Waals surface area contributed by atoms with E-state index >= 15 is 0 Å². The number of halogens is 1. The average molecular weight is 307 g/mol. The zero-order valence-corrected chi connectivity index (χ0v) is 13.2. The Kier molecular flexibility index (Phi) is 5.83. The van der Waals surface area contributed by atoms with Crippen LogP contribution in [0.3, 0.4) is 0 Å². The Morgan fingerprint density at radius 1 is 1.33 bits per heavy atom. The highest BCUT2D eigenvalue weighted by molar-refractivity contribution is 6.30. The predicted octanol–water partition coefficient (Wildman–Crippen LogP) is 3.33. The molecule has 114 valence electrons. The van der Waals surface area contributed by atoms with Crippen molar-refractivity contribution in [1.82, 2.24) is 4.90 Å². The number of benzene rings is 1. The molecule has 1 saturated carbocycles.